The van der Waals surface area contributed by atoms with E-state index < -0.39 is 10.0 Å². The molecule has 1 amide bonds. The summed E-state index contributed by atoms with van der Waals surface area (Å²) in [4.78, 5) is 16.6. The maximum absolute atomic E-state index is 12.4. The molecule has 0 spiro atoms. The van der Waals surface area contributed by atoms with E-state index in [1.807, 2.05) is 0 Å². The van der Waals surface area contributed by atoms with Crippen LogP contribution in [-0.4, -0.2) is 49.6 Å². The number of aromatic amines is 1. The van der Waals surface area contributed by atoms with E-state index >= 15 is 0 Å². The van der Waals surface area contributed by atoms with Gasteiger partial charge < -0.3 is 9.88 Å². The summed E-state index contributed by atoms with van der Waals surface area (Å²) in [5.74, 6) is -0.384. The van der Waals surface area contributed by atoms with Gasteiger partial charge in [0.25, 0.3) is 5.91 Å². The van der Waals surface area contributed by atoms with Crippen LogP contribution in [0.15, 0.2) is 6.07 Å². The van der Waals surface area contributed by atoms with Crippen molar-refractivity contribution in [1.29, 1.82) is 0 Å². The van der Waals surface area contributed by atoms with Gasteiger partial charge >= 0.3 is 0 Å². The fourth-order valence-corrected chi connectivity index (χ4v) is 3.62. The molecule has 1 aromatic rings. The normalized spacial score (nSPS) is 19.6. The Morgan fingerprint density at radius 2 is 2.25 bits per heavy atom. The Morgan fingerprint density at radius 3 is 2.80 bits per heavy atom. The molecule has 1 aliphatic rings. The average molecular weight is 340 g/mol. The number of amides is 1. The molecule has 6 nitrogen and oxygen atoms in total. The Balaban J connectivity index is 2.16. The van der Waals surface area contributed by atoms with Crippen LogP contribution >= 0.6 is 23.2 Å². The lowest BCUT2D eigenvalue weighted by molar-refractivity contribution is 0.0744. The van der Waals surface area contributed by atoms with Crippen molar-refractivity contribution in [3.8, 4) is 0 Å². The second-order valence-corrected chi connectivity index (χ2v) is 7.38. The molecule has 1 atom stereocenters. The largest absolute Gasteiger partial charge is 0.340 e. The van der Waals surface area contributed by atoms with Crippen LogP contribution in [0.5, 0.6) is 0 Å². The van der Waals surface area contributed by atoms with Crippen LogP contribution in [0, 0.1) is 0 Å². The fraction of sp³-hybridized carbons (Fsp3) is 0.545. The molecule has 20 heavy (non-hydrogen) atoms. The Kier molecular flexibility index (Phi) is 4.63. The molecule has 1 aromatic heterocycles. The first-order chi connectivity index (χ1) is 9.34. The highest BCUT2D eigenvalue weighted by Crippen LogP contribution is 2.25. The minimum atomic E-state index is -3.36. The number of likely N-dealkylation sites (tertiary alicyclic amines) is 1. The first-order valence-corrected chi connectivity index (χ1v) is 8.51. The van der Waals surface area contributed by atoms with Crippen LogP contribution in [0.4, 0.5) is 0 Å². The molecular formula is C11H15Cl2N3O3S. The third-order valence-corrected chi connectivity index (χ3v) is 5.45. The van der Waals surface area contributed by atoms with Gasteiger partial charge in [0.1, 0.15) is 10.8 Å². The van der Waals surface area contributed by atoms with Crippen molar-refractivity contribution in [2.24, 2.45) is 0 Å². The number of sulfonamides is 1. The van der Waals surface area contributed by atoms with Crippen molar-refractivity contribution in [2.45, 2.75) is 18.9 Å². The van der Waals surface area contributed by atoms with Crippen molar-refractivity contribution in [1.82, 2.24) is 14.6 Å². The number of aromatic nitrogens is 1. The van der Waals surface area contributed by atoms with Gasteiger partial charge in [0, 0.05) is 12.6 Å². The smallest absolute Gasteiger partial charge is 0.270 e. The predicted octanol–water partition coefficient (Wildman–Crippen LogP) is 1.48. The Morgan fingerprint density at radius 1 is 1.55 bits per heavy atom. The second-order valence-electron chi connectivity index (χ2n) is 4.63. The summed E-state index contributed by atoms with van der Waals surface area (Å²) >= 11 is 11.6. The molecule has 0 aliphatic carbocycles. The zero-order valence-corrected chi connectivity index (χ0v) is 13.1. The molecule has 0 saturated carbocycles. The number of carbonyl (C=O) groups excluding carboxylic acids is 1. The van der Waals surface area contributed by atoms with Crippen LogP contribution in [0.3, 0.4) is 0 Å². The number of hydrogen-bond donors (Lipinski definition) is 2. The van der Waals surface area contributed by atoms with Crippen molar-refractivity contribution >= 4 is 39.1 Å². The Bertz CT molecular complexity index is 595. The van der Waals surface area contributed by atoms with Gasteiger partial charge in [-0.15, -0.1) is 0 Å². The monoisotopic (exact) mass is 339 g/mol. The molecule has 2 N–H and O–H groups in total. The maximum atomic E-state index is 12.4. The molecule has 112 valence electrons. The van der Waals surface area contributed by atoms with E-state index in [2.05, 4.69) is 9.71 Å². The first-order valence-electron chi connectivity index (χ1n) is 6.10. The van der Waals surface area contributed by atoms with Crippen molar-refractivity contribution in [3.63, 3.8) is 0 Å². The van der Waals surface area contributed by atoms with Crippen LogP contribution in [0.2, 0.25) is 10.2 Å². The minimum Gasteiger partial charge on any atom is -0.340 e. The highest BCUT2D eigenvalue weighted by Gasteiger charge is 2.33. The average Bonchev–Trinajstić information content (AvgIpc) is 2.96. The molecule has 1 aliphatic heterocycles. The third kappa shape index (κ3) is 3.28. The van der Waals surface area contributed by atoms with Gasteiger partial charge in [0.2, 0.25) is 10.0 Å². The molecule has 2 heterocycles. The SMILES string of the molecule is CNS(=O)(=O)C[C@@H]1CCCN1C(=O)c1cc(Cl)c(Cl)[nH]1. The molecule has 2 rings (SSSR count). The summed E-state index contributed by atoms with van der Waals surface area (Å²) in [6.07, 6.45) is 1.44. The van der Waals surface area contributed by atoms with Crippen molar-refractivity contribution < 1.29 is 13.2 Å². The highest BCUT2D eigenvalue weighted by molar-refractivity contribution is 7.89. The summed E-state index contributed by atoms with van der Waals surface area (Å²) in [6.45, 7) is 0.525. The van der Waals surface area contributed by atoms with Gasteiger partial charge in [0.05, 0.1) is 10.8 Å². The molecule has 9 heteroatoms. The molecule has 1 saturated heterocycles. The topological polar surface area (TPSA) is 82.3 Å². The van der Waals surface area contributed by atoms with E-state index in [-0.39, 0.29) is 33.6 Å². The van der Waals surface area contributed by atoms with Gasteiger partial charge in [-0.25, -0.2) is 13.1 Å². The number of carbonyl (C=O) groups is 1. The van der Waals surface area contributed by atoms with Crippen molar-refractivity contribution in [2.75, 3.05) is 19.3 Å². The first kappa shape index (κ1) is 15.6. The molecule has 0 radical (unpaired) electrons. The van der Waals surface area contributed by atoms with Crippen LogP contribution < -0.4 is 4.72 Å². The number of H-pyrrole nitrogens is 1. The predicted molar refractivity (Wildman–Crippen MR) is 77.7 cm³/mol. The molecule has 1 fully saturated rings. The van der Waals surface area contributed by atoms with E-state index in [0.29, 0.717) is 13.0 Å². The second kappa shape index (κ2) is 5.93. The summed E-state index contributed by atoms with van der Waals surface area (Å²) in [5.41, 5.74) is 0.272. The molecule has 0 bridgehead atoms. The lowest BCUT2D eigenvalue weighted by Gasteiger charge is -2.23. The van der Waals surface area contributed by atoms with E-state index in [1.54, 1.807) is 4.90 Å². The summed E-state index contributed by atoms with van der Waals surface area (Å²) in [7, 11) is -2.00. The minimum absolute atomic E-state index is 0.0998. The number of nitrogens with zero attached hydrogens (tertiary/aromatic N) is 1. The molecule has 0 aromatic carbocycles. The Labute approximate surface area is 127 Å². The van der Waals surface area contributed by atoms with E-state index in [9.17, 15) is 13.2 Å². The van der Waals surface area contributed by atoms with Crippen LogP contribution in [0.1, 0.15) is 23.3 Å². The van der Waals surface area contributed by atoms with E-state index in [0.717, 1.165) is 6.42 Å². The zero-order chi connectivity index (χ0) is 14.9. The lowest BCUT2D eigenvalue weighted by Crippen LogP contribution is -2.41. The highest BCUT2D eigenvalue weighted by atomic mass is 35.5. The van der Waals surface area contributed by atoms with E-state index in [4.69, 9.17) is 23.2 Å². The standard InChI is InChI=1S/C11H15Cl2N3O3S/c1-14-20(18,19)6-7-3-2-4-16(7)11(17)9-5-8(12)10(13)15-9/h5,7,14-15H,2-4,6H2,1H3/t7-/m0/s1. The lowest BCUT2D eigenvalue weighted by atomic mass is 10.2. The molecule has 0 unspecified atom stereocenters. The van der Waals surface area contributed by atoms with Gasteiger partial charge in [-0.2, -0.15) is 0 Å². The summed E-state index contributed by atoms with van der Waals surface area (Å²) in [5, 5.41) is 0.474. The van der Waals surface area contributed by atoms with Crippen LogP contribution in [0.25, 0.3) is 0 Å². The van der Waals surface area contributed by atoms with Gasteiger partial charge in [0.15, 0.2) is 0 Å². The van der Waals surface area contributed by atoms with Gasteiger partial charge in [-0.05, 0) is 26.0 Å². The Hall–Kier alpha value is -0.760. The van der Waals surface area contributed by atoms with Crippen LogP contribution in [-0.2, 0) is 10.0 Å². The van der Waals surface area contributed by atoms with Gasteiger partial charge in [-0.1, -0.05) is 23.2 Å². The van der Waals surface area contributed by atoms with Crippen molar-refractivity contribution in [3.05, 3.63) is 21.9 Å². The summed E-state index contributed by atoms with van der Waals surface area (Å²) in [6, 6.07) is 1.12. The number of hydrogen-bond acceptors (Lipinski definition) is 3. The number of nitrogens with one attached hydrogen (secondary N) is 2. The zero-order valence-electron chi connectivity index (χ0n) is 10.8. The van der Waals surface area contributed by atoms with E-state index in [1.165, 1.54) is 13.1 Å². The molecular weight excluding hydrogens is 325 g/mol. The number of halogens is 2. The quantitative estimate of drug-likeness (QED) is 0.871. The number of rotatable bonds is 4. The summed E-state index contributed by atoms with van der Waals surface area (Å²) < 4.78 is 25.5. The third-order valence-electron chi connectivity index (χ3n) is 3.32. The van der Waals surface area contributed by atoms with Gasteiger partial charge in [-0.3, -0.25) is 4.79 Å². The fourth-order valence-electron chi connectivity index (χ4n) is 2.29. The maximum Gasteiger partial charge on any atom is 0.270 e.